The van der Waals surface area contributed by atoms with Gasteiger partial charge in [-0.2, -0.15) is 0 Å². The Labute approximate surface area is 180 Å². The summed E-state index contributed by atoms with van der Waals surface area (Å²) in [5.74, 6) is 1.52. The van der Waals surface area contributed by atoms with Crippen molar-refractivity contribution in [1.29, 1.82) is 0 Å². The molecule has 2 aromatic heterocycles. The van der Waals surface area contributed by atoms with Crippen LogP contribution < -0.4 is 15.4 Å². The van der Waals surface area contributed by atoms with E-state index in [4.69, 9.17) is 4.74 Å². The molecule has 4 rings (SSSR count). The first-order valence-electron chi connectivity index (χ1n) is 9.91. The van der Waals surface area contributed by atoms with E-state index in [2.05, 4.69) is 32.7 Å². The van der Waals surface area contributed by atoms with Gasteiger partial charge in [0.05, 0.1) is 7.11 Å². The number of carbonyl (C=O) groups is 1. The summed E-state index contributed by atoms with van der Waals surface area (Å²) in [6.45, 7) is 0.334. The summed E-state index contributed by atoms with van der Waals surface area (Å²) in [6.07, 6.45) is 7.61. The third-order valence-electron chi connectivity index (χ3n) is 4.83. The molecule has 2 heterocycles. The fourth-order valence-corrected chi connectivity index (χ4v) is 3.35. The summed E-state index contributed by atoms with van der Waals surface area (Å²) in [6, 6.07) is 19.2. The fourth-order valence-electron chi connectivity index (χ4n) is 3.35. The van der Waals surface area contributed by atoms with Gasteiger partial charge < -0.3 is 15.4 Å². The predicted octanol–water partition coefficient (Wildman–Crippen LogP) is 4.19. The highest BCUT2D eigenvalue weighted by molar-refractivity contribution is 5.89. The Morgan fingerprint density at radius 1 is 1.03 bits per heavy atom. The van der Waals surface area contributed by atoms with Gasteiger partial charge in [-0.05, 0) is 29.8 Å². The molecule has 0 fully saturated rings. The first-order chi connectivity index (χ1) is 15.2. The molecule has 31 heavy (non-hydrogen) atoms. The van der Waals surface area contributed by atoms with E-state index in [9.17, 15) is 4.79 Å². The number of benzene rings is 2. The van der Waals surface area contributed by atoms with Gasteiger partial charge in [0.25, 0.3) is 0 Å². The summed E-state index contributed by atoms with van der Waals surface area (Å²) in [7, 11) is 1.65. The van der Waals surface area contributed by atoms with E-state index in [-0.39, 0.29) is 6.03 Å². The summed E-state index contributed by atoms with van der Waals surface area (Å²) in [5, 5.41) is 5.79. The van der Waals surface area contributed by atoms with Crippen LogP contribution in [0.15, 0.2) is 85.6 Å². The number of carbonyl (C=O) groups excluding carboxylic acids is 1. The van der Waals surface area contributed by atoms with Crippen molar-refractivity contribution in [3.63, 3.8) is 0 Å². The van der Waals surface area contributed by atoms with Crippen LogP contribution in [0.2, 0.25) is 0 Å². The van der Waals surface area contributed by atoms with Gasteiger partial charge in [0.1, 0.15) is 17.9 Å². The lowest BCUT2D eigenvalue weighted by atomic mass is 10.0. The number of pyridine rings is 1. The number of hydrogen-bond acceptors (Lipinski definition) is 4. The number of amides is 2. The Bertz CT molecular complexity index is 1140. The molecule has 0 aliphatic rings. The van der Waals surface area contributed by atoms with Crippen molar-refractivity contribution in [3.05, 3.63) is 102 Å². The lowest BCUT2D eigenvalue weighted by molar-refractivity contribution is 0.251. The maximum Gasteiger partial charge on any atom is 0.319 e. The van der Waals surface area contributed by atoms with E-state index in [1.165, 1.54) is 5.56 Å². The summed E-state index contributed by atoms with van der Waals surface area (Å²) in [5.41, 5.74) is 3.76. The smallest absolute Gasteiger partial charge is 0.319 e. The maximum atomic E-state index is 12.5. The summed E-state index contributed by atoms with van der Waals surface area (Å²) >= 11 is 0. The van der Waals surface area contributed by atoms with E-state index in [0.717, 1.165) is 22.7 Å². The van der Waals surface area contributed by atoms with Crippen LogP contribution in [0, 0.1) is 0 Å². The van der Waals surface area contributed by atoms with Crippen LogP contribution in [0.3, 0.4) is 0 Å². The molecular formula is C24H23N5O2. The van der Waals surface area contributed by atoms with E-state index in [0.29, 0.717) is 18.7 Å². The number of imidazole rings is 1. The summed E-state index contributed by atoms with van der Waals surface area (Å²) < 4.78 is 7.30. The molecule has 0 saturated carbocycles. The van der Waals surface area contributed by atoms with Crippen LogP contribution in [0.4, 0.5) is 10.5 Å². The number of ether oxygens (including phenoxy) is 1. The molecule has 2 aromatic carbocycles. The average Bonchev–Trinajstić information content (AvgIpc) is 3.34. The van der Waals surface area contributed by atoms with Crippen molar-refractivity contribution < 1.29 is 9.53 Å². The zero-order valence-corrected chi connectivity index (χ0v) is 17.2. The van der Waals surface area contributed by atoms with Crippen molar-refractivity contribution in [2.75, 3.05) is 12.4 Å². The molecule has 2 N–H and O–H groups in total. The Balaban J connectivity index is 1.43. The molecule has 0 atom stereocenters. The van der Waals surface area contributed by atoms with Crippen LogP contribution in [-0.4, -0.2) is 27.7 Å². The molecule has 156 valence electrons. The number of methoxy groups -OCH3 is 1. The highest BCUT2D eigenvalue weighted by Crippen LogP contribution is 2.25. The monoisotopic (exact) mass is 413 g/mol. The molecule has 0 bridgehead atoms. The van der Waals surface area contributed by atoms with Gasteiger partial charge in [-0.3, -0.25) is 4.57 Å². The number of nitrogens with one attached hydrogen (secondary N) is 2. The Morgan fingerprint density at radius 3 is 2.68 bits per heavy atom. The largest absolute Gasteiger partial charge is 0.496 e. The fraction of sp³-hybridized carbons (Fsp3) is 0.125. The molecule has 0 spiro atoms. The Morgan fingerprint density at radius 2 is 1.90 bits per heavy atom. The van der Waals surface area contributed by atoms with Crippen molar-refractivity contribution in [2.24, 2.45) is 0 Å². The number of urea groups is 1. The van der Waals surface area contributed by atoms with Gasteiger partial charge in [-0.15, -0.1) is 0 Å². The zero-order chi connectivity index (χ0) is 21.5. The summed E-state index contributed by atoms with van der Waals surface area (Å²) in [4.78, 5) is 21.0. The Hall–Kier alpha value is -4.13. The molecule has 0 unspecified atom stereocenters. The molecule has 7 nitrogen and oxygen atoms in total. The number of rotatable bonds is 7. The lowest BCUT2D eigenvalue weighted by Gasteiger charge is -2.13. The molecule has 0 saturated heterocycles. The van der Waals surface area contributed by atoms with Crippen LogP contribution in [0.1, 0.15) is 16.7 Å². The highest BCUT2D eigenvalue weighted by atomic mass is 16.5. The van der Waals surface area contributed by atoms with E-state index < -0.39 is 0 Å². The Kier molecular flexibility index (Phi) is 6.23. The van der Waals surface area contributed by atoms with Crippen molar-refractivity contribution in [3.8, 4) is 11.6 Å². The van der Waals surface area contributed by atoms with E-state index >= 15 is 0 Å². The van der Waals surface area contributed by atoms with Gasteiger partial charge in [0, 0.05) is 48.4 Å². The van der Waals surface area contributed by atoms with Gasteiger partial charge in [0.15, 0.2) is 0 Å². The van der Waals surface area contributed by atoms with Crippen LogP contribution >= 0.6 is 0 Å². The van der Waals surface area contributed by atoms with Crippen LogP contribution in [0.25, 0.3) is 5.82 Å². The van der Waals surface area contributed by atoms with Crippen LogP contribution in [0.5, 0.6) is 5.75 Å². The predicted molar refractivity (Wildman–Crippen MR) is 119 cm³/mol. The molecule has 7 heteroatoms. The third-order valence-corrected chi connectivity index (χ3v) is 4.83. The SMILES string of the molecule is COc1ccc(NC(=O)NCc2cccnc2-n2ccnc2)cc1Cc1ccccc1. The third kappa shape index (κ3) is 5.08. The second kappa shape index (κ2) is 9.58. The quantitative estimate of drug-likeness (QED) is 0.476. The highest BCUT2D eigenvalue weighted by Gasteiger charge is 2.10. The van der Waals surface area contributed by atoms with E-state index in [1.807, 2.05) is 59.3 Å². The van der Waals surface area contributed by atoms with Crippen molar-refractivity contribution in [2.45, 2.75) is 13.0 Å². The number of hydrogen-bond donors (Lipinski definition) is 2. The second-order valence-electron chi connectivity index (χ2n) is 6.95. The maximum absolute atomic E-state index is 12.5. The van der Waals surface area contributed by atoms with Gasteiger partial charge in [0.2, 0.25) is 0 Å². The normalized spacial score (nSPS) is 10.5. The topological polar surface area (TPSA) is 81.1 Å². The minimum atomic E-state index is -0.295. The molecular weight excluding hydrogens is 390 g/mol. The number of anilines is 1. The molecule has 0 radical (unpaired) electrons. The molecule has 0 aliphatic heterocycles. The molecule has 2 amide bonds. The van der Waals surface area contributed by atoms with Gasteiger partial charge in [-0.25, -0.2) is 14.8 Å². The first-order valence-corrected chi connectivity index (χ1v) is 9.91. The first kappa shape index (κ1) is 20.2. The van der Waals surface area contributed by atoms with E-state index in [1.54, 1.807) is 25.8 Å². The molecule has 0 aliphatic carbocycles. The minimum absolute atomic E-state index is 0.295. The minimum Gasteiger partial charge on any atom is -0.496 e. The zero-order valence-electron chi connectivity index (χ0n) is 17.2. The number of nitrogens with zero attached hydrogens (tertiary/aromatic N) is 3. The second-order valence-corrected chi connectivity index (χ2v) is 6.95. The van der Waals surface area contributed by atoms with Gasteiger partial charge >= 0.3 is 6.03 Å². The van der Waals surface area contributed by atoms with Crippen molar-refractivity contribution >= 4 is 11.7 Å². The van der Waals surface area contributed by atoms with Gasteiger partial charge in [-0.1, -0.05) is 36.4 Å². The number of aromatic nitrogens is 3. The van der Waals surface area contributed by atoms with Crippen molar-refractivity contribution in [1.82, 2.24) is 19.9 Å². The lowest BCUT2D eigenvalue weighted by Crippen LogP contribution is -2.28. The van der Waals surface area contributed by atoms with Crippen LogP contribution in [-0.2, 0) is 13.0 Å². The molecule has 4 aromatic rings. The standard InChI is InChI=1S/C24H23N5O2/c1-31-22-10-9-21(15-20(22)14-18-6-3-2-4-7-18)28-24(30)27-16-19-8-5-11-26-23(19)29-13-12-25-17-29/h2-13,15,17H,14,16H2,1H3,(H2,27,28,30). The average molecular weight is 413 g/mol.